The average Bonchev–Trinajstić information content (AvgIpc) is 2.60. The summed E-state index contributed by atoms with van der Waals surface area (Å²) in [4.78, 5) is 4.50. The molecular formula is C17H24ClN3O2S. The maximum absolute atomic E-state index is 12.9. The lowest BCUT2D eigenvalue weighted by Crippen LogP contribution is -2.45. The summed E-state index contributed by atoms with van der Waals surface area (Å²) in [5.41, 5.74) is 6.54. The average molecular weight is 370 g/mol. The summed E-state index contributed by atoms with van der Waals surface area (Å²) in [7, 11) is -3.62. The zero-order valence-electron chi connectivity index (χ0n) is 13.5. The third-order valence-electron chi connectivity index (χ3n) is 4.67. The van der Waals surface area contributed by atoms with Crippen LogP contribution < -0.4 is 10.5 Å². The quantitative estimate of drug-likeness (QED) is 0.848. The van der Waals surface area contributed by atoms with Gasteiger partial charge in [-0.25, -0.2) is 13.1 Å². The van der Waals surface area contributed by atoms with E-state index in [-0.39, 0.29) is 23.3 Å². The second kappa shape index (κ2) is 8.25. The summed E-state index contributed by atoms with van der Waals surface area (Å²) in [6, 6.07) is 8.50. The van der Waals surface area contributed by atoms with Crippen LogP contribution in [0.3, 0.4) is 0 Å². The third-order valence-corrected chi connectivity index (χ3v) is 6.22. The van der Waals surface area contributed by atoms with Crippen LogP contribution in [0.5, 0.6) is 0 Å². The highest BCUT2D eigenvalue weighted by molar-refractivity contribution is 7.89. The monoisotopic (exact) mass is 369 g/mol. The van der Waals surface area contributed by atoms with E-state index in [1.54, 1.807) is 30.5 Å². The number of benzene rings is 1. The van der Waals surface area contributed by atoms with Crippen molar-refractivity contribution in [1.29, 1.82) is 0 Å². The van der Waals surface area contributed by atoms with Crippen LogP contribution in [0.1, 0.15) is 32.1 Å². The molecule has 0 bridgehead atoms. The van der Waals surface area contributed by atoms with Gasteiger partial charge in [0.1, 0.15) is 0 Å². The van der Waals surface area contributed by atoms with Crippen LogP contribution in [0.25, 0.3) is 10.9 Å². The van der Waals surface area contributed by atoms with Crippen molar-refractivity contribution in [2.45, 2.75) is 43.0 Å². The lowest BCUT2D eigenvalue weighted by molar-refractivity contribution is 0.294. The van der Waals surface area contributed by atoms with Gasteiger partial charge in [-0.3, -0.25) is 4.98 Å². The van der Waals surface area contributed by atoms with Crippen molar-refractivity contribution in [3.05, 3.63) is 36.5 Å². The number of rotatable bonds is 5. The Kier molecular flexibility index (Phi) is 6.57. The number of fused-ring (bicyclic) bond motifs is 1. The fraction of sp³-hybridized carbons (Fsp3) is 0.471. The Labute approximate surface area is 149 Å². The van der Waals surface area contributed by atoms with Gasteiger partial charge in [-0.05, 0) is 43.0 Å². The fourth-order valence-corrected chi connectivity index (χ4v) is 4.98. The minimum Gasteiger partial charge on any atom is -0.329 e. The molecule has 0 amide bonds. The number of hydrogen-bond acceptors (Lipinski definition) is 4. The molecule has 1 atom stereocenters. The molecule has 2 aromatic rings. The molecule has 1 aromatic carbocycles. The van der Waals surface area contributed by atoms with Crippen LogP contribution in [0.2, 0.25) is 0 Å². The first-order chi connectivity index (χ1) is 11.1. The largest absolute Gasteiger partial charge is 0.329 e. The van der Waals surface area contributed by atoms with Gasteiger partial charge in [0, 0.05) is 24.2 Å². The van der Waals surface area contributed by atoms with Crippen molar-refractivity contribution in [2.75, 3.05) is 6.54 Å². The first-order valence-corrected chi connectivity index (χ1v) is 9.66. The predicted molar refractivity (Wildman–Crippen MR) is 98.7 cm³/mol. The Bertz CT molecular complexity index is 771. The van der Waals surface area contributed by atoms with E-state index in [4.69, 9.17) is 5.73 Å². The molecule has 1 fully saturated rings. The molecule has 0 saturated heterocycles. The maximum atomic E-state index is 12.9. The van der Waals surface area contributed by atoms with Gasteiger partial charge in [-0.1, -0.05) is 25.3 Å². The molecule has 3 rings (SSSR count). The molecule has 1 saturated carbocycles. The second-order valence-corrected chi connectivity index (χ2v) is 7.87. The van der Waals surface area contributed by atoms with Crippen LogP contribution in [0.15, 0.2) is 41.4 Å². The Morgan fingerprint density at radius 1 is 1.17 bits per heavy atom. The van der Waals surface area contributed by atoms with Crippen LogP contribution in [-0.4, -0.2) is 26.0 Å². The summed E-state index contributed by atoms with van der Waals surface area (Å²) in [5.74, 6) is 0.330. The standard InChI is InChI=1S/C17H23N3O2S.ClH/c18-12-16(13-6-2-1-3-7-13)20-23(21,22)17-10-4-9-15-14(17)8-5-11-19-15;/h4-5,8-11,13,16,20H,1-3,6-7,12,18H2;1H. The molecule has 1 unspecified atom stereocenters. The SMILES string of the molecule is Cl.NCC(NS(=O)(=O)c1cccc2ncccc12)C1CCCCC1. The minimum absolute atomic E-state index is 0. The van der Waals surface area contributed by atoms with Gasteiger partial charge in [-0.15, -0.1) is 12.4 Å². The highest BCUT2D eigenvalue weighted by atomic mass is 35.5. The summed E-state index contributed by atoms with van der Waals surface area (Å²) in [6.45, 7) is 0.326. The van der Waals surface area contributed by atoms with E-state index in [9.17, 15) is 8.42 Å². The molecule has 132 valence electrons. The van der Waals surface area contributed by atoms with Gasteiger partial charge in [-0.2, -0.15) is 0 Å². The Morgan fingerprint density at radius 2 is 1.92 bits per heavy atom. The number of hydrogen-bond donors (Lipinski definition) is 2. The molecule has 0 aliphatic heterocycles. The van der Waals surface area contributed by atoms with Crippen LogP contribution in [0.4, 0.5) is 0 Å². The molecule has 1 heterocycles. The number of nitrogens with one attached hydrogen (secondary N) is 1. The zero-order chi connectivity index (χ0) is 16.3. The predicted octanol–water partition coefficient (Wildman–Crippen LogP) is 2.84. The lowest BCUT2D eigenvalue weighted by atomic mass is 9.84. The van der Waals surface area contributed by atoms with E-state index >= 15 is 0 Å². The lowest BCUT2D eigenvalue weighted by Gasteiger charge is -2.30. The van der Waals surface area contributed by atoms with E-state index in [0.717, 1.165) is 25.7 Å². The second-order valence-electron chi connectivity index (χ2n) is 6.19. The summed E-state index contributed by atoms with van der Waals surface area (Å²) in [6.07, 6.45) is 7.29. The molecule has 1 aliphatic carbocycles. The number of nitrogens with zero attached hydrogens (tertiary/aromatic N) is 1. The molecule has 0 spiro atoms. The van der Waals surface area contributed by atoms with Crippen molar-refractivity contribution in [1.82, 2.24) is 9.71 Å². The normalized spacial score (nSPS) is 17.4. The van der Waals surface area contributed by atoms with Gasteiger partial charge < -0.3 is 5.73 Å². The third kappa shape index (κ3) is 4.06. The highest BCUT2D eigenvalue weighted by Crippen LogP contribution is 2.28. The molecule has 0 radical (unpaired) electrons. The zero-order valence-corrected chi connectivity index (χ0v) is 15.2. The first kappa shape index (κ1) is 19.1. The first-order valence-electron chi connectivity index (χ1n) is 8.18. The summed E-state index contributed by atoms with van der Waals surface area (Å²) in [5, 5.41) is 0.641. The van der Waals surface area contributed by atoms with E-state index in [2.05, 4.69) is 9.71 Å². The summed E-state index contributed by atoms with van der Waals surface area (Å²) < 4.78 is 28.6. The van der Waals surface area contributed by atoms with E-state index < -0.39 is 10.0 Å². The Hall–Kier alpha value is -1.21. The topological polar surface area (TPSA) is 85.1 Å². The number of pyridine rings is 1. The molecule has 5 nitrogen and oxygen atoms in total. The maximum Gasteiger partial charge on any atom is 0.241 e. The van der Waals surface area contributed by atoms with E-state index in [1.807, 2.05) is 6.07 Å². The smallest absolute Gasteiger partial charge is 0.241 e. The molecule has 3 N–H and O–H groups in total. The number of nitrogens with two attached hydrogens (primary N) is 1. The Morgan fingerprint density at radius 3 is 2.62 bits per heavy atom. The Balaban J connectivity index is 0.00000208. The van der Waals surface area contributed by atoms with E-state index in [1.165, 1.54) is 6.42 Å². The van der Waals surface area contributed by atoms with Crippen LogP contribution in [-0.2, 0) is 10.0 Å². The van der Waals surface area contributed by atoms with Crippen molar-refractivity contribution >= 4 is 33.3 Å². The minimum atomic E-state index is -3.62. The van der Waals surface area contributed by atoms with Gasteiger partial charge in [0.2, 0.25) is 10.0 Å². The number of halogens is 1. The van der Waals surface area contributed by atoms with Crippen LogP contribution >= 0.6 is 12.4 Å². The van der Waals surface area contributed by atoms with Crippen molar-refractivity contribution in [3.63, 3.8) is 0 Å². The summed E-state index contributed by atoms with van der Waals surface area (Å²) >= 11 is 0. The number of aromatic nitrogens is 1. The van der Waals surface area contributed by atoms with E-state index in [0.29, 0.717) is 23.4 Å². The van der Waals surface area contributed by atoms with Crippen molar-refractivity contribution in [2.24, 2.45) is 11.7 Å². The van der Waals surface area contributed by atoms with Gasteiger partial charge >= 0.3 is 0 Å². The van der Waals surface area contributed by atoms with Crippen molar-refractivity contribution < 1.29 is 8.42 Å². The molecule has 1 aromatic heterocycles. The molecule has 1 aliphatic rings. The number of sulfonamides is 1. The van der Waals surface area contributed by atoms with Crippen LogP contribution in [0, 0.1) is 5.92 Å². The molecular weight excluding hydrogens is 346 g/mol. The van der Waals surface area contributed by atoms with Crippen molar-refractivity contribution in [3.8, 4) is 0 Å². The van der Waals surface area contributed by atoms with Gasteiger partial charge in [0.25, 0.3) is 0 Å². The molecule has 24 heavy (non-hydrogen) atoms. The van der Waals surface area contributed by atoms with Gasteiger partial charge in [0.15, 0.2) is 0 Å². The highest BCUT2D eigenvalue weighted by Gasteiger charge is 2.28. The van der Waals surface area contributed by atoms with Gasteiger partial charge in [0.05, 0.1) is 10.4 Å². The molecule has 7 heteroatoms. The fourth-order valence-electron chi connectivity index (χ4n) is 3.45.